The number of hydrogen-bond acceptors (Lipinski definition) is 4. The maximum absolute atomic E-state index is 11.5. The summed E-state index contributed by atoms with van der Waals surface area (Å²) in [7, 11) is 0. The number of carbonyl (C=O) groups excluding carboxylic acids is 2. The summed E-state index contributed by atoms with van der Waals surface area (Å²) < 4.78 is 5.02. The fraction of sp³-hybridized carbons (Fsp3) is 0.333. The summed E-state index contributed by atoms with van der Waals surface area (Å²) in [4.78, 5) is 22.7. The number of thiol groups is 1. The molecule has 1 heterocycles. The first-order valence-corrected chi connectivity index (χ1v) is 6.22. The van der Waals surface area contributed by atoms with E-state index in [4.69, 9.17) is 4.74 Å². The Morgan fingerprint density at radius 3 is 2.72 bits per heavy atom. The third-order valence-electron chi connectivity index (χ3n) is 2.70. The number of alkyl carbamates (subject to hydrolysis) is 1. The van der Waals surface area contributed by atoms with E-state index in [1.165, 1.54) is 0 Å². The van der Waals surface area contributed by atoms with E-state index >= 15 is 0 Å². The molecule has 0 aliphatic carbocycles. The van der Waals surface area contributed by atoms with E-state index in [1.54, 1.807) is 0 Å². The molecular formula is C12H14N2O3S. The van der Waals surface area contributed by atoms with Crippen LogP contribution in [0, 0.1) is 0 Å². The van der Waals surface area contributed by atoms with Crippen LogP contribution in [0.4, 0.5) is 4.79 Å². The van der Waals surface area contributed by atoms with Gasteiger partial charge >= 0.3 is 6.09 Å². The molecule has 1 fully saturated rings. The highest BCUT2D eigenvalue weighted by Gasteiger charge is 2.39. The van der Waals surface area contributed by atoms with Crippen molar-refractivity contribution in [2.45, 2.75) is 18.7 Å². The van der Waals surface area contributed by atoms with Gasteiger partial charge in [0.2, 0.25) is 5.91 Å². The van der Waals surface area contributed by atoms with Crippen LogP contribution in [0.15, 0.2) is 30.3 Å². The Hall–Kier alpha value is -1.69. The minimum atomic E-state index is -0.592. The van der Waals surface area contributed by atoms with Crippen molar-refractivity contribution in [1.82, 2.24) is 10.6 Å². The summed E-state index contributed by atoms with van der Waals surface area (Å²) in [6.45, 7) is 0.187. The monoisotopic (exact) mass is 266 g/mol. The molecule has 2 rings (SSSR count). The summed E-state index contributed by atoms with van der Waals surface area (Å²) >= 11 is 4.07. The van der Waals surface area contributed by atoms with Crippen molar-refractivity contribution in [3.05, 3.63) is 35.9 Å². The highest BCUT2D eigenvalue weighted by molar-refractivity contribution is 7.80. The number of hydrogen-bond donors (Lipinski definition) is 3. The molecule has 1 aliphatic heterocycles. The first-order chi connectivity index (χ1) is 8.70. The van der Waals surface area contributed by atoms with Crippen molar-refractivity contribution < 1.29 is 14.3 Å². The summed E-state index contributed by atoms with van der Waals surface area (Å²) in [6.07, 6.45) is -0.592. The van der Waals surface area contributed by atoms with E-state index in [1.807, 2.05) is 30.3 Å². The summed E-state index contributed by atoms with van der Waals surface area (Å²) in [5.74, 6) is 0.278. The normalized spacial score (nSPS) is 21.7. The molecule has 0 radical (unpaired) electrons. The van der Waals surface area contributed by atoms with Crippen molar-refractivity contribution in [3.8, 4) is 0 Å². The first kappa shape index (κ1) is 12.8. The van der Waals surface area contributed by atoms with Gasteiger partial charge in [0, 0.05) is 5.75 Å². The lowest BCUT2D eigenvalue weighted by atomic mass is 10.0. The second kappa shape index (κ2) is 5.77. The minimum Gasteiger partial charge on any atom is -0.445 e. The Balaban J connectivity index is 1.77. The van der Waals surface area contributed by atoms with E-state index in [0.717, 1.165) is 5.56 Å². The molecule has 1 aromatic carbocycles. The average molecular weight is 266 g/mol. The highest BCUT2D eigenvalue weighted by Crippen LogP contribution is 2.08. The second-order valence-electron chi connectivity index (χ2n) is 3.98. The van der Waals surface area contributed by atoms with Crippen molar-refractivity contribution in [1.29, 1.82) is 0 Å². The molecule has 0 aromatic heterocycles. The zero-order valence-electron chi connectivity index (χ0n) is 9.63. The maximum atomic E-state index is 11.5. The van der Waals surface area contributed by atoms with Gasteiger partial charge in [-0.05, 0) is 5.56 Å². The van der Waals surface area contributed by atoms with Crippen LogP contribution in [0.2, 0.25) is 0 Å². The first-order valence-electron chi connectivity index (χ1n) is 5.59. The Morgan fingerprint density at radius 2 is 2.11 bits per heavy atom. The van der Waals surface area contributed by atoms with E-state index in [-0.39, 0.29) is 18.6 Å². The van der Waals surface area contributed by atoms with Crippen molar-refractivity contribution in [2.75, 3.05) is 5.75 Å². The molecule has 1 aromatic rings. The van der Waals surface area contributed by atoms with Gasteiger partial charge in [0.05, 0.1) is 6.04 Å². The molecule has 0 spiro atoms. The van der Waals surface area contributed by atoms with Gasteiger partial charge in [-0.3, -0.25) is 4.79 Å². The van der Waals surface area contributed by atoms with Crippen molar-refractivity contribution in [3.63, 3.8) is 0 Å². The molecule has 1 aliphatic rings. The van der Waals surface area contributed by atoms with Gasteiger partial charge in [0.25, 0.3) is 0 Å². The van der Waals surface area contributed by atoms with Crippen LogP contribution in [0.3, 0.4) is 0 Å². The number of amides is 2. The van der Waals surface area contributed by atoms with Gasteiger partial charge in [0.15, 0.2) is 0 Å². The van der Waals surface area contributed by atoms with Crippen LogP contribution in [0.25, 0.3) is 0 Å². The number of benzene rings is 1. The molecule has 2 N–H and O–H groups in total. The third-order valence-corrected chi connectivity index (χ3v) is 3.09. The quantitative estimate of drug-likeness (QED) is 0.555. The minimum absolute atomic E-state index is 0.120. The summed E-state index contributed by atoms with van der Waals surface area (Å²) in [6, 6.07) is 8.69. The third kappa shape index (κ3) is 2.95. The van der Waals surface area contributed by atoms with E-state index < -0.39 is 12.1 Å². The smallest absolute Gasteiger partial charge is 0.408 e. The predicted octanol–water partition coefficient (Wildman–Crippen LogP) is 0.710. The number of nitrogens with one attached hydrogen (secondary N) is 2. The zero-order valence-corrected chi connectivity index (χ0v) is 10.5. The molecule has 0 saturated carbocycles. The molecule has 1 saturated heterocycles. The lowest BCUT2D eigenvalue weighted by Crippen LogP contribution is -2.69. The van der Waals surface area contributed by atoms with Crippen molar-refractivity contribution >= 4 is 24.6 Å². The van der Waals surface area contributed by atoms with Crippen LogP contribution < -0.4 is 10.6 Å². The number of β-lactam (4-membered cyclic amide) rings is 1. The lowest BCUT2D eigenvalue weighted by Gasteiger charge is -2.35. The van der Waals surface area contributed by atoms with Crippen LogP contribution in [0.1, 0.15) is 5.56 Å². The molecule has 0 unspecified atom stereocenters. The Labute approximate surface area is 110 Å². The predicted molar refractivity (Wildman–Crippen MR) is 69.3 cm³/mol. The lowest BCUT2D eigenvalue weighted by molar-refractivity contribution is -0.130. The van der Waals surface area contributed by atoms with Gasteiger partial charge in [0.1, 0.15) is 12.6 Å². The Morgan fingerprint density at radius 1 is 1.39 bits per heavy atom. The van der Waals surface area contributed by atoms with Gasteiger partial charge in [-0.25, -0.2) is 4.79 Å². The van der Waals surface area contributed by atoms with Gasteiger partial charge in [-0.15, -0.1) is 0 Å². The largest absolute Gasteiger partial charge is 0.445 e. The standard InChI is InChI=1S/C12H14N2O3S/c15-11-10(9(7-18)13-11)14-12(16)17-6-8-4-2-1-3-5-8/h1-5,9-10,18H,6-7H2,(H,13,15)(H,14,16)/t9-,10+/m1/s1. The zero-order chi connectivity index (χ0) is 13.0. The van der Waals surface area contributed by atoms with Crippen LogP contribution >= 0.6 is 12.6 Å². The van der Waals surface area contributed by atoms with Crippen molar-refractivity contribution in [2.24, 2.45) is 0 Å². The average Bonchev–Trinajstić information content (AvgIpc) is 2.41. The van der Waals surface area contributed by atoms with E-state index in [2.05, 4.69) is 23.3 Å². The van der Waals surface area contributed by atoms with E-state index in [9.17, 15) is 9.59 Å². The molecule has 2 atom stereocenters. The number of rotatable bonds is 4. The Bertz CT molecular complexity index is 438. The van der Waals surface area contributed by atoms with Gasteiger partial charge < -0.3 is 15.4 Å². The maximum Gasteiger partial charge on any atom is 0.408 e. The van der Waals surface area contributed by atoms with Gasteiger partial charge in [-0.1, -0.05) is 30.3 Å². The fourth-order valence-electron chi connectivity index (χ4n) is 1.65. The second-order valence-corrected chi connectivity index (χ2v) is 4.35. The molecule has 6 heteroatoms. The number of carbonyl (C=O) groups is 2. The highest BCUT2D eigenvalue weighted by atomic mass is 32.1. The molecule has 0 bridgehead atoms. The van der Waals surface area contributed by atoms with Crippen LogP contribution in [-0.4, -0.2) is 29.8 Å². The summed E-state index contributed by atoms with van der Waals surface area (Å²) in [5.41, 5.74) is 0.899. The number of ether oxygens (including phenoxy) is 1. The molecule has 2 amide bonds. The molecule has 18 heavy (non-hydrogen) atoms. The topological polar surface area (TPSA) is 67.4 Å². The van der Waals surface area contributed by atoms with Crippen LogP contribution in [0.5, 0.6) is 0 Å². The molecule has 5 nitrogen and oxygen atoms in total. The fourth-order valence-corrected chi connectivity index (χ4v) is 1.95. The SMILES string of the molecule is O=C(N[C@@H]1C(=O)N[C@@H]1CS)OCc1ccccc1. The Kier molecular flexibility index (Phi) is 4.09. The van der Waals surface area contributed by atoms with Crippen LogP contribution in [-0.2, 0) is 16.1 Å². The molecule has 96 valence electrons. The van der Waals surface area contributed by atoms with E-state index in [0.29, 0.717) is 5.75 Å². The summed E-state index contributed by atoms with van der Waals surface area (Å²) in [5, 5.41) is 5.15. The molecular weight excluding hydrogens is 252 g/mol. The van der Waals surface area contributed by atoms with Gasteiger partial charge in [-0.2, -0.15) is 12.6 Å².